The predicted molar refractivity (Wildman–Crippen MR) is 64.1 cm³/mol. The first-order valence-electron chi connectivity index (χ1n) is 5.16. The first-order chi connectivity index (χ1) is 8.57. The second-order valence-corrected chi connectivity index (χ2v) is 4.75. The van der Waals surface area contributed by atoms with E-state index in [1.165, 1.54) is 5.38 Å². The lowest BCUT2D eigenvalue weighted by molar-refractivity contribution is -0.178. The van der Waals surface area contributed by atoms with Crippen LogP contribution >= 0.6 is 11.3 Å². The molecular formula is C10H10N3O4S. The summed E-state index contributed by atoms with van der Waals surface area (Å²) in [7, 11) is 0. The van der Waals surface area contributed by atoms with Gasteiger partial charge in [0.2, 0.25) is 5.60 Å². The summed E-state index contributed by atoms with van der Waals surface area (Å²) in [5.41, 5.74) is 4.15. The number of aromatic nitrogens is 1. The van der Waals surface area contributed by atoms with E-state index in [0.717, 1.165) is 17.8 Å². The van der Waals surface area contributed by atoms with Crippen LogP contribution in [0, 0.1) is 0 Å². The van der Waals surface area contributed by atoms with E-state index in [1.807, 2.05) is 0 Å². The molecule has 1 aromatic heterocycles. The van der Waals surface area contributed by atoms with Crippen LogP contribution in [-0.4, -0.2) is 33.7 Å². The van der Waals surface area contributed by atoms with Gasteiger partial charge >= 0.3 is 5.97 Å². The minimum Gasteiger partial charge on any atom is -0.478 e. The van der Waals surface area contributed by atoms with Crippen molar-refractivity contribution in [3.63, 3.8) is 0 Å². The molecule has 0 saturated heterocycles. The lowest BCUT2D eigenvalue weighted by Crippen LogP contribution is -2.46. The van der Waals surface area contributed by atoms with Gasteiger partial charge in [-0.25, -0.2) is 9.78 Å². The molecule has 1 aliphatic carbocycles. The van der Waals surface area contributed by atoms with Crippen molar-refractivity contribution in [3.05, 3.63) is 11.1 Å². The van der Waals surface area contributed by atoms with Crippen molar-refractivity contribution in [2.75, 3.05) is 5.73 Å². The number of rotatable bonds is 5. The first kappa shape index (κ1) is 12.5. The molecule has 0 bridgehead atoms. The summed E-state index contributed by atoms with van der Waals surface area (Å²) < 4.78 is 0. The zero-order valence-corrected chi connectivity index (χ0v) is 10.1. The van der Waals surface area contributed by atoms with Crippen molar-refractivity contribution in [3.8, 4) is 0 Å². The summed E-state index contributed by atoms with van der Waals surface area (Å²) in [6.45, 7) is 0. The van der Waals surface area contributed by atoms with Crippen LogP contribution in [0.4, 0.5) is 5.13 Å². The average molecular weight is 268 g/mol. The molecule has 95 valence electrons. The number of anilines is 1. The van der Waals surface area contributed by atoms with E-state index < -0.39 is 11.6 Å². The van der Waals surface area contributed by atoms with E-state index in [-0.39, 0.29) is 16.5 Å². The van der Waals surface area contributed by atoms with Gasteiger partial charge in [-0.2, -0.15) is 0 Å². The normalized spacial score (nSPS) is 17.9. The Hall–Kier alpha value is -1.96. The molecule has 7 nitrogen and oxygen atoms in total. The van der Waals surface area contributed by atoms with Crippen LogP contribution in [0.15, 0.2) is 10.5 Å². The number of nitrogen functional groups attached to an aromatic ring is 1. The van der Waals surface area contributed by atoms with Gasteiger partial charge in [0.25, 0.3) is 6.29 Å². The highest BCUT2D eigenvalue weighted by Gasteiger charge is 2.48. The Labute approximate surface area is 106 Å². The van der Waals surface area contributed by atoms with Crippen molar-refractivity contribution >= 4 is 34.4 Å². The number of carboxylic acids is 1. The molecule has 0 spiro atoms. The third-order valence-corrected chi connectivity index (χ3v) is 3.40. The number of carboxylic acid groups (broad SMARTS) is 1. The number of thiazole rings is 1. The molecule has 0 amide bonds. The lowest BCUT2D eigenvalue weighted by Gasteiger charge is -2.34. The lowest BCUT2D eigenvalue weighted by atomic mass is 9.80. The van der Waals surface area contributed by atoms with Gasteiger partial charge in [0, 0.05) is 18.2 Å². The Morgan fingerprint density at radius 1 is 1.67 bits per heavy atom. The van der Waals surface area contributed by atoms with Crippen LogP contribution in [0.2, 0.25) is 0 Å². The second-order valence-electron chi connectivity index (χ2n) is 3.86. The zero-order valence-electron chi connectivity index (χ0n) is 9.25. The predicted octanol–water partition coefficient (Wildman–Crippen LogP) is 0.563. The Morgan fingerprint density at radius 2 is 2.39 bits per heavy atom. The molecule has 1 fully saturated rings. The molecule has 1 aromatic rings. The molecule has 1 heterocycles. The topological polar surface area (TPSA) is 115 Å². The first-order valence-corrected chi connectivity index (χ1v) is 6.04. The number of carbonyl (C=O) groups is 1. The Balaban J connectivity index is 2.16. The van der Waals surface area contributed by atoms with Gasteiger partial charge in [0.15, 0.2) is 10.8 Å². The number of hydrogen-bond acceptors (Lipinski definition) is 7. The zero-order chi connectivity index (χ0) is 13.2. The minimum absolute atomic E-state index is 0.185. The molecule has 0 aliphatic heterocycles. The fraction of sp³-hybridized carbons (Fsp3) is 0.400. The molecule has 1 radical (unpaired) electrons. The van der Waals surface area contributed by atoms with E-state index in [4.69, 9.17) is 15.7 Å². The molecule has 8 heteroatoms. The van der Waals surface area contributed by atoms with Crippen molar-refractivity contribution in [1.29, 1.82) is 0 Å². The van der Waals surface area contributed by atoms with Gasteiger partial charge < -0.3 is 15.7 Å². The molecule has 1 aliphatic rings. The quantitative estimate of drug-likeness (QED) is 0.595. The highest BCUT2D eigenvalue weighted by Crippen LogP contribution is 2.36. The van der Waals surface area contributed by atoms with Crippen LogP contribution in [0.25, 0.3) is 0 Å². The summed E-state index contributed by atoms with van der Waals surface area (Å²) in [4.78, 5) is 30.6. The van der Waals surface area contributed by atoms with Crippen molar-refractivity contribution in [2.24, 2.45) is 5.16 Å². The molecule has 0 atom stereocenters. The monoisotopic (exact) mass is 268 g/mol. The van der Waals surface area contributed by atoms with Crippen molar-refractivity contribution < 1.29 is 19.5 Å². The van der Waals surface area contributed by atoms with Gasteiger partial charge in [-0.15, -0.1) is 11.3 Å². The van der Waals surface area contributed by atoms with Gasteiger partial charge in [-0.05, 0) is 6.42 Å². The van der Waals surface area contributed by atoms with E-state index in [2.05, 4.69) is 10.1 Å². The maximum Gasteiger partial charge on any atom is 0.350 e. The molecule has 2 rings (SSSR count). The molecule has 3 N–H and O–H groups in total. The molecule has 18 heavy (non-hydrogen) atoms. The smallest absolute Gasteiger partial charge is 0.350 e. The molecule has 1 saturated carbocycles. The molecule has 0 unspecified atom stereocenters. The highest BCUT2D eigenvalue weighted by molar-refractivity contribution is 7.13. The number of aliphatic carboxylic acids is 1. The van der Waals surface area contributed by atoms with E-state index in [0.29, 0.717) is 12.8 Å². The maximum atomic E-state index is 11.0. The summed E-state index contributed by atoms with van der Waals surface area (Å²) in [6.07, 6.45) is 3.06. The van der Waals surface area contributed by atoms with Gasteiger partial charge in [-0.3, -0.25) is 4.79 Å². The largest absolute Gasteiger partial charge is 0.478 e. The fourth-order valence-electron chi connectivity index (χ4n) is 1.49. The molecular weight excluding hydrogens is 258 g/mol. The van der Waals surface area contributed by atoms with Crippen molar-refractivity contribution in [1.82, 2.24) is 4.98 Å². The van der Waals surface area contributed by atoms with Gasteiger partial charge in [0.05, 0.1) is 0 Å². The van der Waals surface area contributed by atoms with Gasteiger partial charge in [0.1, 0.15) is 5.69 Å². The maximum absolute atomic E-state index is 11.0. The third kappa shape index (κ3) is 2.19. The Bertz CT molecular complexity index is 507. The van der Waals surface area contributed by atoms with Crippen molar-refractivity contribution in [2.45, 2.75) is 24.9 Å². The summed E-state index contributed by atoms with van der Waals surface area (Å²) in [5, 5.41) is 14.4. The van der Waals surface area contributed by atoms with Crippen LogP contribution in [0.5, 0.6) is 0 Å². The van der Waals surface area contributed by atoms with Crippen LogP contribution in [0.3, 0.4) is 0 Å². The molecule has 0 aromatic carbocycles. The van der Waals surface area contributed by atoms with Gasteiger partial charge in [-0.1, -0.05) is 5.16 Å². The highest BCUT2D eigenvalue weighted by atomic mass is 32.1. The standard InChI is InChI=1S/C10H10N3O4S/c11-9-12-7(5-18-9)6(4-14)13-17-10(8(15)16)2-1-3-10/h5H,1-3H2,(H2,11,12)(H,15,16)/b13-6-. The Kier molecular flexibility index (Phi) is 3.28. The summed E-state index contributed by atoms with van der Waals surface area (Å²) in [6, 6.07) is 0. The number of nitrogens with two attached hydrogens (primary N) is 1. The summed E-state index contributed by atoms with van der Waals surface area (Å²) in [5.74, 6) is -1.08. The average Bonchev–Trinajstić information content (AvgIpc) is 2.68. The number of oxime groups is 1. The van der Waals surface area contributed by atoms with E-state index in [1.54, 1.807) is 6.29 Å². The van der Waals surface area contributed by atoms with Crippen LogP contribution in [-0.2, 0) is 14.4 Å². The minimum atomic E-state index is -1.32. The third-order valence-electron chi connectivity index (χ3n) is 2.72. The van der Waals surface area contributed by atoms with Crippen LogP contribution < -0.4 is 5.73 Å². The summed E-state index contributed by atoms with van der Waals surface area (Å²) >= 11 is 1.14. The number of carbonyl (C=O) groups excluding carboxylic acids is 1. The Morgan fingerprint density at radius 3 is 2.78 bits per heavy atom. The number of hydrogen-bond donors (Lipinski definition) is 2. The second kappa shape index (κ2) is 4.73. The van der Waals surface area contributed by atoms with Crippen LogP contribution in [0.1, 0.15) is 25.0 Å². The van der Waals surface area contributed by atoms with E-state index >= 15 is 0 Å². The SMILES string of the molecule is Nc1nc(/C([C]=O)=N\OC2(C(=O)O)CCC2)cs1. The fourth-order valence-corrected chi connectivity index (χ4v) is 2.04. The van der Waals surface area contributed by atoms with E-state index in [9.17, 15) is 9.59 Å². The number of nitrogens with zero attached hydrogens (tertiary/aromatic N) is 2.